The molecule has 5 nitrogen and oxygen atoms in total. The minimum absolute atomic E-state index is 0.00168. The highest BCUT2D eigenvalue weighted by molar-refractivity contribution is 5.96. The summed E-state index contributed by atoms with van der Waals surface area (Å²) in [5, 5.41) is 0. The molecule has 2 aromatic carbocycles. The third-order valence-electron chi connectivity index (χ3n) is 4.79. The number of carbonyl (C=O) groups is 2. The van der Waals surface area contributed by atoms with Crippen molar-refractivity contribution < 1.29 is 14.3 Å². The Morgan fingerprint density at radius 3 is 1.81 bits per heavy atom. The van der Waals surface area contributed by atoms with Gasteiger partial charge in [-0.05, 0) is 49.7 Å². The summed E-state index contributed by atoms with van der Waals surface area (Å²) in [6.45, 7) is 6.11. The minimum atomic E-state index is -0.00168. The lowest BCUT2D eigenvalue weighted by atomic mass is 10.1. The van der Waals surface area contributed by atoms with Gasteiger partial charge in [0.2, 0.25) is 0 Å². The molecular weight excluding hydrogens is 328 g/mol. The number of nitrogens with zero attached hydrogens (tertiary/aromatic N) is 2. The zero-order valence-electron chi connectivity index (χ0n) is 15.5. The van der Waals surface area contributed by atoms with E-state index in [9.17, 15) is 9.59 Å². The SMILES string of the molecule is COc1ccc(C(=O)N2CCN(C(=O)c3ccc(C)cc3)CC2)cc1C. The smallest absolute Gasteiger partial charge is 0.253 e. The van der Waals surface area contributed by atoms with Gasteiger partial charge in [-0.15, -0.1) is 0 Å². The third kappa shape index (κ3) is 3.72. The highest BCUT2D eigenvalue weighted by Crippen LogP contribution is 2.20. The third-order valence-corrected chi connectivity index (χ3v) is 4.79. The van der Waals surface area contributed by atoms with Crippen LogP contribution in [0.25, 0.3) is 0 Å². The lowest BCUT2D eigenvalue weighted by Gasteiger charge is -2.35. The number of aryl methyl sites for hydroxylation is 2. The highest BCUT2D eigenvalue weighted by atomic mass is 16.5. The minimum Gasteiger partial charge on any atom is -0.496 e. The number of carbonyl (C=O) groups excluding carboxylic acids is 2. The van der Waals surface area contributed by atoms with Crippen LogP contribution in [0, 0.1) is 13.8 Å². The summed E-state index contributed by atoms with van der Waals surface area (Å²) in [6.07, 6.45) is 0. The van der Waals surface area contributed by atoms with E-state index in [4.69, 9.17) is 4.74 Å². The van der Waals surface area contributed by atoms with Crippen molar-refractivity contribution in [3.63, 3.8) is 0 Å². The Labute approximate surface area is 154 Å². The lowest BCUT2D eigenvalue weighted by molar-refractivity contribution is 0.0535. The van der Waals surface area contributed by atoms with Crippen molar-refractivity contribution in [3.05, 3.63) is 64.7 Å². The molecule has 0 aliphatic carbocycles. The van der Waals surface area contributed by atoms with E-state index in [1.807, 2.05) is 55.1 Å². The van der Waals surface area contributed by atoms with Gasteiger partial charge in [-0.2, -0.15) is 0 Å². The molecule has 0 N–H and O–H groups in total. The quantitative estimate of drug-likeness (QED) is 0.853. The van der Waals surface area contributed by atoms with Gasteiger partial charge in [0.05, 0.1) is 7.11 Å². The molecule has 0 aromatic heterocycles. The molecule has 0 radical (unpaired) electrons. The van der Waals surface area contributed by atoms with Crippen molar-refractivity contribution in [2.75, 3.05) is 33.3 Å². The van der Waals surface area contributed by atoms with E-state index >= 15 is 0 Å². The van der Waals surface area contributed by atoms with Gasteiger partial charge in [-0.1, -0.05) is 17.7 Å². The van der Waals surface area contributed by atoms with E-state index in [1.165, 1.54) is 0 Å². The first-order chi connectivity index (χ1) is 12.5. The number of methoxy groups -OCH3 is 1. The fourth-order valence-electron chi connectivity index (χ4n) is 3.19. The van der Waals surface area contributed by atoms with Crippen LogP contribution in [0.1, 0.15) is 31.8 Å². The van der Waals surface area contributed by atoms with E-state index in [-0.39, 0.29) is 11.8 Å². The Hall–Kier alpha value is -2.82. The van der Waals surface area contributed by atoms with Crippen LogP contribution in [0.5, 0.6) is 5.75 Å². The predicted octanol–water partition coefficient (Wildman–Crippen LogP) is 2.91. The van der Waals surface area contributed by atoms with E-state index in [0.717, 1.165) is 16.9 Å². The van der Waals surface area contributed by atoms with E-state index in [2.05, 4.69) is 0 Å². The monoisotopic (exact) mass is 352 g/mol. The van der Waals surface area contributed by atoms with Crippen LogP contribution in [-0.4, -0.2) is 54.9 Å². The molecule has 1 aliphatic heterocycles. The second-order valence-electron chi connectivity index (χ2n) is 6.63. The van der Waals surface area contributed by atoms with E-state index in [1.54, 1.807) is 18.1 Å². The van der Waals surface area contributed by atoms with Gasteiger partial charge in [-0.3, -0.25) is 9.59 Å². The summed E-state index contributed by atoms with van der Waals surface area (Å²) in [5.41, 5.74) is 3.42. The summed E-state index contributed by atoms with van der Waals surface area (Å²) in [7, 11) is 1.62. The van der Waals surface area contributed by atoms with Crippen molar-refractivity contribution >= 4 is 11.8 Å². The molecule has 1 heterocycles. The highest BCUT2D eigenvalue weighted by Gasteiger charge is 2.25. The molecule has 0 atom stereocenters. The van der Waals surface area contributed by atoms with Gasteiger partial charge < -0.3 is 14.5 Å². The number of ether oxygens (including phenoxy) is 1. The Morgan fingerprint density at radius 1 is 0.808 bits per heavy atom. The molecule has 0 spiro atoms. The molecule has 1 saturated heterocycles. The van der Waals surface area contributed by atoms with Gasteiger partial charge in [0, 0.05) is 37.3 Å². The van der Waals surface area contributed by atoms with Crippen molar-refractivity contribution in [3.8, 4) is 5.75 Å². The van der Waals surface area contributed by atoms with Gasteiger partial charge in [0.1, 0.15) is 5.75 Å². The number of rotatable bonds is 3. The lowest BCUT2D eigenvalue weighted by Crippen LogP contribution is -2.50. The molecule has 0 unspecified atom stereocenters. The van der Waals surface area contributed by atoms with Crippen LogP contribution >= 0.6 is 0 Å². The van der Waals surface area contributed by atoms with Crippen molar-refractivity contribution in [1.82, 2.24) is 9.80 Å². The fourth-order valence-corrected chi connectivity index (χ4v) is 3.19. The van der Waals surface area contributed by atoms with Crippen LogP contribution in [0.4, 0.5) is 0 Å². The molecule has 1 aliphatic rings. The average molecular weight is 352 g/mol. The summed E-state index contributed by atoms with van der Waals surface area (Å²) in [6, 6.07) is 13.1. The number of amides is 2. The molecule has 2 amide bonds. The second kappa shape index (κ2) is 7.60. The normalized spacial score (nSPS) is 14.3. The Kier molecular flexibility index (Phi) is 5.26. The number of hydrogen-bond acceptors (Lipinski definition) is 3. The van der Waals surface area contributed by atoms with Crippen molar-refractivity contribution in [2.24, 2.45) is 0 Å². The average Bonchev–Trinajstić information content (AvgIpc) is 2.67. The van der Waals surface area contributed by atoms with E-state index < -0.39 is 0 Å². The van der Waals surface area contributed by atoms with Gasteiger partial charge in [-0.25, -0.2) is 0 Å². The molecule has 1 fully saturated rings. The van der Waals surface area contributed by atoms with Crippen LogP contribution < -0.4 is 4.74 Å². The first-order valence-corrected chi connectivity index (χ1v) is 8.79. The fraction of sp³-hybridized carbons (Fsp3) is 0.333. The van der Waals surface area contributed by atoms with Crippen LogP contribution in [0.3, 0.4) is 0 Å². The maximum atomic E-state index is 12.7. The topological polar surface area (TPSA) is 49.9 Å². The first kappa shape index (κ1) is 18.0. The molecule has 3 rings (SSSR count). The summed E-state index contributed by atoms with van der Waals surface area (Å²) in [4.78, 5) is 28.9. The second-order valence-corrected chi connectivity index (χ2v) is 6.63. The Bertz CT molecular complexity index is 807. The standard InChI is InChI=1S/C21H24N2O3/c1-15-4-6-17(7-5-15)20(24)22-10-12-23(13-11-22)21(25)18-8-9-19(26-3)16(2)14-18/h4-9,14H,10-13H2,1-3H3. The molecule has 0 bridgehead atoms. The van der Waals surface area contributed by atoms with Crippen LogP contribution in [0.15, 0.2) is 42.5 Å². The first-order valence-electron chi connectivity index (χ1n) is 8.79. The molecular formula is C21H24N2O3. The zero-order valence-corrected chi connectivity index (χ0v) is 15.5. The van der Waals surface area contributed by atoms with E-state index in [0.29, 0.717) is 37.3 Å². The maximum absolute atomic E-state index is 12.7. The summed E-state index contributed by atoms with van der Waals surface area (Å²) in [5.74, 6) is 0.797. The summed E-state index contributed by atoms with van der Waals surface area (Å²) < 4.78 is 5.25. The number of benzene rings is 2. The summed E-state index contributed by atoms with van der Waals surface area (Å²) >= 11 is 0. The number of hydrogen-bond donors (Lipinski definition) is 0. The van der Waals surface area contributed by atoms with Gasteiger partial charge in [0.15, 0.2) is 0 Å². The largest absolute Gasteiger partial charge is 0.496 e. The van der Waals surface area contributed by atoms with Crippen molar-refractivity contribution in [2.45, 2.75) is 13.8 Å². The molecule has 136 valence electrons. The predicted molar refractivity (Wildman–Crippen MR) is 101 cm³/mol. The molecule has 5 heteroatoms. The van der Waals surface area contributed by atoms with Crippen LogP contribution in [0.2, 0.25) is 0 Å². The molecule has 26 heavy (non-hydrogen) atoms. The van der Waals surface area contributed by atoms with Crippen LogP contribution in [-0.2, 0) is 0 Å². The number of piperazine rings is 1. The Morgan fingerprint density at radius 2 is 1.31 bits per heavy atom. The Balaban J connectivity index is 1.62. The molecule has 0 saturated carbocycles. The van der Waals surface area contributed by atoms with Crippen molar-refractivity contribution in [1.29, 1.82) is 0 Å². The molecule has 2 aromatic rings. The van der Waals surface area contributed by atoms with Gasteiger partial charge >= 0.3 is 0 Å². The zero-order chi connectivity index (χ0) is 18.7. The maximum Gasteiger partial charge on any atom is 0.253 e. The van der Waals surface area contributed by atoms with Gasteiger partial charge in [0.25, 0.3) is 11.8 Å².